The summed E-state index contributed by atoms with van der Waals surface area (Å²) < 4.78 is 3.21. The Morgan fingerprint density at radius 1 is 1.13 bits per heavy atom. The molecule has 0 bridgehead atoms. The number of rotatable bonds is 6. The van der Waals surface area contributed by atoms with Crippen molar-refractivity contribution in [1.29, 1.82) is 0 Å². The number of imidazole rings is 1. The molecular weight excluding hydrogens is 414 g/mol. The highest BCUT2D eigenvalue weighted by Crippen LogP contribution is 2.22. The second kappa shape index (κ2) is 10.2. The lowest BCUT2D eigenvalue weighted by molar-refractivity contribution is 0.262. The summed E-state index contributed by atoms with van der Waals surface area (Å²) in [5.74, 6) is 0.0393. The van der Waals surface area contributed by atoms with Gasteiger partial charge in [0.15, 0.2) is 10.8 Å². The molecule has 0 unspecified atom stereocenters. The van der Waals surface area contributed by atoms with Crippen molar-refractivity contribution in [3.8, 4) is 0 Å². The minimum absolute atomic E-state index is 0.0393. The van der Waals surface area contributed by atoms with Crippen molar-refractivity contribution in [3.63, 3.8) is 0 Å². The minimum Gasteiger partial charge on any atom is -0.368 e. The third-order valence-electron chi connectivity index (χ3n) is 5.69. The fourth-order valence-electron chi connectivity index (χ4n) is 3.24. The van der Waals surface area contributed by atoms with Crippen LogP contribution in [0.4, 0.5) is 5.95 Å². The van der Waals surface area contributed by atoms with Crippen LogP contribution in [0.1, 0.15) is 50.1 Å². The number of nitrogens with zero attached hydrogens (tertiary/aromatic N) is 6. The Morgan fingerprint density at radius 3 is 2.39 bits per heavy atom. The van der Waals surface area contributed by atoms with Gasteiger partial charge >= 0.3 is 5.69 Å². The van der Waals surface area contributed by atoms with Crippen LogP contribution in [0.5, 0.6) is 0 Å². The van der Waals surface area contributed by atoms with Gasteiger partial charge in [-0.1, -0.05) is 25.4 Å². The topological polar surface area (TPSA) is 94.9 Å². The first kappa shape index (κ1) is 24.8. The Bertz CT molecular complexity index is 1120. The van der Waals surface area contributed by atoms with E-state index in [4.69, 9.17) is 17.3 Å². The summed E-state index contributed by atoms with van der Waals surface area (Å²) in [4.78, 5) is 28.4. The lowest BCUT2D eigenvalue weighted by atomic mass is 10.0. The van der Waals surface area contributed by atoms with Crippen molar-refractivity contribution in [1.82, 2.24) is 29.0 Å². The van der Waals surface area contributed by atoms with Gasteiger partial charge in [-0.05, 0) is 58.4 Å². The number of likely N-dealkylation sites (N-methyl/N-ethyl adjacent to an activating group) is 1. The molecule has 0 atom stereocenters. The van der Waals surface area contributed by atoms with Crippen LogP contribution in [0.25, 0.3) is 11.2 Å². The molecule has 8 nitrogen and oxygen atoms in total. The van der Waals surface area contributed by atoms with E-state index < -0.39 is 0 Å². The molecule has 0 saturated heterocycles. The Morgan fingerprint density at radius 2 is 1.77 bits per heavy atom. The van der Waals surface area contributed by atoms with Crippen molar-refractivity contribution < 1.29 is 0 Å². The number of pyridine rings is 1. The van der Waals surface area contributed by atoms with Crippen molar-refractivity contribution in [2.75, 3.05) is 19.3 Å². The summed E-state index contributed by atoms with van der Waals surface area (Å²) >= 11 is 6.38. The van der Waals surface area contributed by atoms with E-state index in [1.807, 2.05) is 40.9 Å². The minimum atomic E-state index is -0.196. The standard InChI is InChI=1S/C20H28ClN7O.C2H6/c1-11(2)26(6)7-8-27-16-17(21)24-19(22)25-18(16)28(20(27)29)10-15-14(5)13(4)12(3)9-23-15;1-2/h9,11H,7-8,10H2,1-6H3,(H2,22,24,25);1-2H3. The zero-order valence-electron chi connectivity index (χ0n) is 19.8. The van der Waals surface area contributed by atoms with E-state index in [1.54, 1.807) is 9.13 Å². The summed E-state index contributed by atoms with van der Waals surface area (Å²) in [5, 5.41) is 0.181. The van der Waals surface area contributed by atoms with Gasteiger partial charge in [0.25, 0.3) is 0 Å². The van der Waals surface area contributed by atoms with Crippen LogP contribution in [0.2, 0.25) is 5.15 Å². The zero-order valence-corrected chi connectivity index (χ0v) is 20.6. The number of nitrogens with two attached hydrogens (primary N) is 1. The smallest absolute Gasteiger partial charge is 0.330 e. The highest BCUT2D eigenvalue weighted by Gasteiger charge is 2.21. The second-order valence-electron chi connectivity index (χ2n) is 7.78. The fourth-order valence-corrected chi connectivity index (χ4v) is 3.51. The Kier molecular flexibility index (Phi) is 8.20. The van der Waals surface area contributed by atoms with Crippen molar-refractivity contribution in [3.05, 3.63) is 44.2 Å². The molecule has 0 aliphatic carbocycles. The van der Waals surface area contributed by atoms with Crippen LogP contribution in [-0.2, 0) is 13.1 Å². The summed E-state index contributed by atoms with van der Waals surface area (Å²) in [6.45, 7) is 15.8. The fraction of sp³-hybridized carbons (Fsp3) is 0.545. The molecule has 0 fully saturated rings. The zero-order chi connectivity index (χ0) is 23.5. The van der Waals surface area contributed by atoms with Gasteiger partial charge in [-0.3, -0.25) is 14.1 Å². The van der Waals surface area contributed by atoms with Gasteiger partial charge in [0.05, 0.1) is 12.2 Å². The molecule has 0 amide bonds. The predicted octanol–water partition coefficient (Wildman–Crippen LogP) is 3.56. The summed E-state index contributed by atoms with van der Waals surface area (Å²) in [6.07, 6.45) is 1.83. The maximum atomic E-state index is 13.3. The Labute approximate surface area is 189 Å². The van der Waals surface area contributed by atoms with Gasteiger partial charge in [0, 0.05) is 25.3 Å². The molecule has 9 heteroatoms. The molecule has 0 saturated carbocycles. The van der Waals surface area contributed by atoms with E-state index in [0.29, 0.717) is 36.8 Å². The third kappa shape index (κ3) is 5.07. The number of aromatic nitrogens is 5. The molecule has 170 valence electrons. The van der Waals surface area contributed by atoms with E-state index in [1.165, 1.54) is 0 Å². The van der Waals surface area contributed by atoms with Crippen LogP contribution < -0.4 is 11.4 Å². The van der Waals surface area contributed by atoms with Gasteiger partial charge in [-0.2, -0.15) is 9.97 Å². The predicted molar refractivity (Wildman–Crippen MR) is 128 cm³/mol. The molecule has 2 N–H and O–H groups in total. The Hall–Kier alpha value is -2.45. The van der Waals surface area contributed by atoms with Crippen LogP contribution in [0.3, 0.4) is 0 Å². The van der Waals surface area contributed by atoms with E-state index in [2.05, 4.69) is 40.6 Å². The molecule has 3 aromatic rings. The Balaban J connectivity index is 0.00000166. The number of fused-ring (bicyclic) bond motifs is 1. The van der Waals surface area contributed by atoms with Gasteiger partial charge < -0.3 is 10.6 Å². The molecule has 0 aromatic carbocycles. The maximum absolute atomic E-state index is 13.3. The van der Waals surface area contributed by atoms with Crippen LogP contribution >= 0.6 is 11.6 Å². The molecule has 3 aromatic heterocycles. The molecule has 3 rings (SSSR count). The van der Waals surface area contributed by atoms with Gasteiger partial charge in [-0.15, -0.1) is 0 Å². The molecule has 0 aliphatic rings. The van der Waals surface area contributed by atoms with E-state index in [9.17, 15) is 4.79 Å². The van der Waals surface area contributed by atoms with Crippen LogP contribution in [0.15, 0.2) is 11.0 Å². The second-order valence-corrected chi connectivity index (χ2v) is 8.14. The highest BCUT2D eigenvalue weighted by atomic mass is 35.5. The van der Waals surface area contributed by atoms with Crippen LogP contribution in [0, 0.1) is 20.8 Å². The summed E-state index contributed by atoms with van der Waals surface area (Å²) in [5.41, 5.74) is 10.7. The maximum Gasteiger partial charge on any atom is 0.330 e. The third-order valence-corrected chi connectivity index (χ3v) is 5.96. The van der Waals surface area contributed by atoms with Crippen molar-refractivity contribution in [2.45, 2.75) is 67.6 Å². The van der Waals surface area contributed by atoms with E-state index in [-0.39, 0.29) is 16.8 Å². The van der Waals surface area contributed by atoms with Crippen molar-refractivity contribution >= 4 is 28.7 Å². The number of halogens is 1. The van der Waals surface area contributed by atoms with Crippen LogP contribution in [-0.4, -0.2) is 48.6 Å². The molecule has 0 aliphatic heterocycles. The number of anilines is 1. The lowest BCUT2D eigenvalue weighted by Gasteiger charge is -2.20. The first-order valence-electron chi connectivity index (χ1n) is 10.7. The number of hydrogen-bond acceptors (Lipinski definition) is 6. The molecular formula is C22H34ClN7O. The molecule has 0 spiro atoms. The molecule has 31 heavy (non-hydrogen) atoms. The summed E-state index contributed by atoms with van der Waals surface area (Å²) in [7, 11) is 2.02. The first-order chi connectivity index (χ1) is 14.6. The van der Waals surface area contributed by atoms with Gasteiger partial charge in [0.1, 0.15) is 5.52 Å². The average molecular weight is 448 g/mol. The van der Waals surface area contributed by atoms with E-state index >= 15 is 0 Å². The van der Waals surface area contributed by atoms with Gasteiger partial charge in [0.2, 0.25) is 5.95 Å². The van der Waals surface area contributed by atoms with E-state index in [0.717, 1.165) is 22.4 Å². The monoisotopic (exact) mass is 447 g/mol. The molecule has 3 heterocycles. The quantitative estimate of drug-likeness (QED) is 0.580. The first-order valence-corrected chi connectivity index (χ1v) is 11.0. The lowest BCUT2D eigenvalue weighted by Crippen LogP contribution is -2.33. The largest absolute Gasteiger partial charge is 0.368 e. The highest BCUT2D eigenvalue weighted by molar-refractivity contribution is 6.33. The number of aryl methyl sites for hydroxylation is 1. The normalized spacial score (nSPS) is 11.3. The van der Waals surface area contributed by atoms with Crippen molar-refractivity contribution in [2.24, 2.45) is 0 Å². The SMILES string of the molecule is CC.Cc1cnc(Cn2c(=O)n(CCN(C)C(C)C)c3c(Cl)nc(N)nc32)c(C)c1C. The average Bonchev–Trinajstić information content (AvgIpc) is 2.99. The number of nitrogen functional groups attached to an aromatic ring is 1. The number of hydrogen-bond donors (Lipinski definition) is 1. The summed E-state index contributed by atoms with van der Waals surface area (Å²) in [6, 6.07) is 0.365. The van der Waals surface area contributed by atoms with Gasteiger partial charge in [-0.25, -0.2) is 4.79 Å². The molecule has 0 radical (unpaired) electrons.